The Morgan fingerprint density at radius 1 is 0.788 bits per heavy atom. The van der Waals surface area contributed by atoms with E-state index in [9.17, 15) is 38.7 Å². The molecule has 6 atom stereocenters. The highest BCUT2D eigenvalue weighted by Crippen LogP contribution is 2.21. The second kappa shape index (κ2) is 20.2. The molecule has 0 radical (unpaired) electrons. The number of amides is 6. The molecule has 0 unspecified atom stereocenters. The summed E-state index contributed by atoms with van der Waals surface area (Å²) in [5.74, 6) is -5.70. The zero-order chi connectivity index (χ0) is 38.4. The van der Waals surface area contributed by atoms with E-state index >= 15 is 0 Å². The van der Waals surface area contributed by atoms with Crippen molar-refractivity contribution >= 4 is 54.0 Å². The predicted molar refractivity (Wildman–Crippen MR) is 195 cm³/mol. The van der Waals surface area contributed by atoms with Crippen LogP contribution in [0.4, 0.5) is 0 Å². The standard InChI is InChI=1S/C36H49N7O8S/c1-21(2)16-28(42-32(47)24(37)20-52)36(51)43-15-9-14-29(43)35(50)41-27(19-30(44)45)34(49)40-26(18-23-12-7-4-8-13-23)33(48)39-25(31(38)46)17-22-10-5-3-6-11-22/h3-8,10-13,21,24-29,52H,9,14-20,37H2,1-2H3,(H2,38,46)(H,39,48)(H,40,49)(H,41,50)(H,42,47)(H,44,45)/t24-,25-,26-,27-,28-,29-/m0/s1. The summed E-state index contributed by atoms with van der Waals surface area (Å²) in [6.45, 7) is 3.94. The SMILES string of the molecule is CC(C)C[C@H](NC(=O)[C@@H](N)CS)C(=O)N1CCC[C@H]1C(=O)N[C@@H](CC(=O)O)C(=O)N[C@@H](Cc1ccccc1)C(=O)N[C@@H](Cc1ccccc1)C(N)=O. The number of benzene rings is 2. The molecule has 15 nitrogen and oxygen atoms in total. The molecule has 2 aromatic rings. The molecule has 6 amide bonds. The summed E-state index contributed by atoms with van der Waals surface area (Å²) in [5, 5.41) is 20.0. The maximum Gasteiger partial charge on any atom is 0.305 e. The Balaban J connectivity index is 1.81. The zero-order valence-electron chi connectivity index (χ0n) is 29.3. The molecule has 9 N–H and O–H groups in total. The molecular formula is C36H49N7O8S. The average molecular weight is 740 g/mol. The molecule has 1 heterocycles. The van der Waals surface area contributed by atoms with Gasteiger partial charge in [0.05, 0.1) is 12.5 Å². The lowest BCUT2D eigenvalue weighted by molar-refractivity contribution is -0.144. The molecular weight excluding hydrogens is 691 g/mol. The zero-order valence-corrected chi connectivity index (χ0v) is 30.2. The Hall–Kier alpha value is -4.96. The predicted octanol–water partition coefficient (Wildman–Crippen LogP) is -0.335. The number of likely N-dealkylation sites (tertiary alicyclic amines) is 1. The van der Waals surface area contributed by atoms with E-state index in [1.165, 1.54) is 4.90 Å². The number of rotatable bonds is 19. The largest absolute Gasteiger partial charge is 0.481 e. The third-order valence-electron chi connectivity index (χ3n) is 8.56. The number of carbonyl (C=O) groups excluding carboxylic acids is 6. The monoisotopic (exact) mass is 739 g/mol. The second-order valence-electron chi connectivity index (χ2n) is 13.2. The van der Waals surface area contributed by atoms with Crippen molar-refractivity contribution in [1.29, 1.82) is 0 Å². The lowest BCUT2D eigenvalue weighted by Crippen LogP contribution is -2.60. The number of carboxylic acid groups (broad SMARTS) is 1. The number of carbonyl (C=O) groups is 7. The van der Waals surface area contributed by atoms with Gasteiger partial charge in [0.15, 0.2) is 0 Å². The van der Waals surface area contributed by atoms with Gasteiger partial charge in [0.2, 0.25) is 35.4 Å². The number of nitrogens with one attached hydrogen (secondary N) is 4. The van der Waals surface area contributed by atoms with Gasteiger partial charge < -0.3 is 42.7 Å². The van der Waals surface area contributed by atoms with E-state index in [0.29, 0.717) is 12.0 Å². The van der Waals surface area contributed by atoms with Gasteiger partial charge in [-0.25, -0.2) is 0 Å². The molecule has 3 rings (SSSR count). The van der Waals surface area contributed by atoms with Crippen LogP contribution in [0.1, 0.15) is 50.7 Å². The Labute approximate surface area is 308 Å². The fourth-order valence-corrected chi connectivity index (χ4v) is 6.05. The lowest BCUT2D eigenvalue weighted by Gasteiger charge is -2.31. The van der Waals surface area contributed by atoms with Crippen molar-refractivity contribution in [3.63, 3.8) is 0 Å². The molecule has 282 valence electrons. The summed E-state index contributed by atoms with van der Waals surface area (Å²) < 4.78 is 0. The van der Waals surface area contributed by atoms with Crippen molar-refractivity contribution in [2.45, 2.75) is 88.6 Å². The number of hydrogen-bond donors (Lipinski definition) is 8. The van der Waals surface area contributed by atoms with Gasteiger partial charge in [0.25, 0.3) is 0 Å². The molecule has 1 aliphatic heterocycles. The number of primary amides is 1. The molecule has 0 spiro atoms. The molecule has 2 aromatic carbocycles. The molecule has 52 heavy (non-hydrogen) atoms. The highest BCUT2D eigenvalue weighted by atomic mass is 32.1. The van der Waals surface area contributed by atoms with E-state index in [0.717, 1.165) is 5.56 Å². The van der Waals surface area contributed by atoms with E-state index < -0.39 is 84.1 Å². The number of carboxylic acids is 1. The molecule has 0 bridgehead atoms. The third kappa shape index (κ3) is 12.7. The fraction of sp³-hybridized carbons (Fsp3) is 0.472. The molecule has 0 saturated carbocycles. The molecule has 1 fully saturated rings. The van der Waals surface area contributed by atoms with Crippen LogP contribution in [-0.4, -0.2) is 100.0 Å². The van der Waals surface area contributed by atoms with E-state index in [4.69, 9.17) is 11.5 Å². The van der Waals surface area contributed by atoms with Gasteiger partial charge in [-0.3, -0.25) is 33.6 Å². The van der Waals surface area contributed by atoms with Crippen molar-refractivity contribution in [1.82, 2.24) is 26.2 Å². The molecule has 0 aromatic heterocycles. The van der Waals surface area contributed by atoms with Crippen molar-refractivity contribution in [2.75, 3.05) is 12.3 Å². The van der Waals surface area contributed by atoms with Gasteiger partial charge in [-0.2, -0.15) is 12.6 Å². The summed E-state index contributed by atoms with van der Waals surface area (Å²) in [6.07, 6.45) is 0.169. The van der Waals surface area contributed by atoms with Crippen LogP contribution in [0.15, 0.2) is 60.7 Å². The highest BCUT2D eigenvalue weighted by molar-refractivity contribution is 7.80. The van der Waals surface area contributed by atoms with Crippen molar-refractivity contribution < 1.29 is 38.7 Å². The van der Waals surface area contributed by atoms with Crippen LogP contribution >= 0.6 is 12.6 Å². The molecule has 1 aliphatic rings. The van der Waals surface area contributed by atoms with Crippen LogP contribution in [0.3, 0.4) is 0 Å². The van der Waals surface area contributed by atoms with Crippen molar-refractivity contribution in [3.05, 3.63) is 71.8 Å². The van der Waals surface area contributed by atoms with Crippen LogP contribution in [0.5, 0.6) is 0 Å². The first-order valence-corrected chi connectivity index (χ1v) is 17.8. The van der Waals surface area contributed by atoms with Gasteiger partial charge in [0.1, 0.15) is 30.2 Å². The van der Waals surface area contributed by atoms with Gasteiger partial charge in [-0.1, -0.05) is 74.5 Å². The first kappa shape index (κ1) is 41.5. The lowest BCUT2D eigenvalue weighted by atomic mass is 10.0. The molecule has 1 saturated heterocycles. The number of aliphatic carboxylic acids is 1. The van der Waals surface area contributed by atoms with Crippen LogP contribution in [-0.2, 0) is 46.4 Å². The van der Waals surface area contributed by atoms with E-state index in [1.54, 1.807) is 60.7 Å². The summed E-state index contributed by atoms with van der Waals surface area (Å²) in [7, 11) is 0. The van der Waals surface area contributed by atoms with E-state index in [1.807, 2.05) is 13.8 Å². The number of nitrogens with zero attached hydrogens (tertiary/aromatic N) is 1. The van der Waals surface area contributed by atoms with Gasteiger partial charge in [-0.15, -0.1) is 0 Å². The molecule has 0 aliphatic carbocycles. The van der Waals surface area contributed by atoms with Gasteiger partial charge >= 0.3 is 5.97 Å². The Kier molecular flexibility index (Phi) is 16.1. The van der Waals surface area contributed by atoms with E-state index in [2.05, 4.69) is 33.9 Å². The topological polar surface area (TPSA) is 243 Å². The van der Waals surface area contributed by atoms with Gasteiger partial charge in [-0.05, 0) is 36.3 Å². The minimum Gasteiger partial charge on any atom is -0.481 e. The Morgan fingerprint density at radius 2 is 1.31 bits per heavy atom. The van der Waals surface area contributed by atoms with Crippen LogP contribution in [0, 0.1) is 5.92 Å². The fourth-order valence-electron chi connectivity index (χ4n) is 5.89. The molecule has 16 heteroatoms. The van der Waals surface area contributed by atoms with Gasteiger partial charge in [0, 0.05) is 25.1 Å². The smallest absolute Gasteiger partial charge is 0.305 e. The Bertz CT molecular complexity index is 1560. The minimum absolute atomic E-state index is 0.00220. The first-order chi connectivity index (χ1) is 24.7. The third-order valence-corrected chi connectivity index (χ3v) is 8.96. The Morgan fingerprint density at radius 3 is 1.83 bits per heavy atom. The number of nitrogens with two attached hydrogens (primary N) is 2. The average Bonchev–Trinajstić information content (AvgIpc) is 3.60. The second-order valence-corrected chi connectivity index (χ2v) is 13.6. The number of hydrogen-bond acceptors (Lipinski definition) is 9. The number of thiol groups is 1. The normalized spacial score (nSPS) is 16.9. The summed E-state index contributed by atoms with van der Waals surface area (Å²) in [5.41, 5.74) is 12.8. The summed E-state index contributed by atoms with van der Waals surface area (Å²) >= 11 is 4.05. The quantitative estimate of drug-likeness (QED) is 0.0879. The van der Waals surface area contributed by atoms with Crippen molar-refractivity contribution in [2.24, 2.45) is 17.4 Å². The van der Waals surface area contributed by atoms with Crippen LogP contribution in [0.2, 0.25) is 0 Å². The highest BCUT2D eigenvalue weighted by Gasteiger charge is 2.40. The summed E-state index contributed by atoms with van der Waals surface area (Å²) in [4.78, 5) is 92.8. The van der Waals surface area contributed by atoms with E-state index in [-0.39, 0.29) is 43.9 Å². The van der Waals surface area contributed by atoms with Crippen LogP contribution < -0.4 is 32.7 Å². The minimum atomic E-state index is -1.63. The summed E-state index contributed by atoms with van der Waals surface area (Å²) in [6, 6.07) is 10.5. The first-order valence-electron chi connectivity index (χ1n) is 17.2. The van der Waals surface area contributed by atoms with Crippen molar-refractivity contribution in [3.8, 4) is 0 Å². The van der Waals surface area contributed by atoms with Crippen LogP contribution in [0.25, 0.3) is 0 Å². The maximum atomic E-state index is 13.7. The maximum absolute atomic E-state index is 13.7.